The second kappa shape index (κ2) is 6.31. The highest BCUT2D eigenvalue weighted by atomic mass is 32.2. The number of carbonyl (C=O) groups excluding carboxylic acids is 1. The number of ether oxygens (including phenoxy) is 1. The van der Waals surface area contributed by atoms with Crippen molar-refractivity contribution >= 4 is 15.7 Å². The molecule has 4 rings (SSSR count). The number of nitrogens with zero attached hydrogens (tertiary/aromatic N) is 4. The Morgan fingerprint density at radius 1 is 1.23 bits per heavy atom. The quantitative estimate of drug-likeness (QED) is 0.771. The van der Waals surface area contributed by atoms with Crippen molar-refractivity contribution in [2.24, 2.45) is 5.92 Å². The number of hydrogen-bond donors (Lipinski definition) is 0. The summed E-state index contributed by atoms with van der Waals surface area (Å²) in [5, 5.41) is 7.35. The van der Waals surface area contributed by atoms with Gasteiger partial charge in [-0.3, -0.25) is 4.79 Å². The van der Waals surface area contributed by atoms with E-state index in [1.54, 1.807) is 29.3 Å². The lowest BCUT2D eigenvalue weighted by Gasteiger charge is -2.49. The third-order valence-electron chi connectivity index (χ3n) is 5.20. The SMILES string of the molecule is O=C(c1ccnnc1)N1CC2(C1)[C@@H](COc1ccccn1)CCS2(=O)=O. The number of rotatable bonds is 4. The third-order valence-corrected chi connectivity index (χ3v) is 7.81. The molecule has 1 amide bonds. The molecule has 2 aliphatic heterocycles. The number of aromatic nitrogens is 3. The van der Waals surface area contributed by atoms with Crippen LogP contribution in [0.4, 0.5) is 0 Å². The molecule has 26 heavy (non-hydrogen) atoms. The fraction of sp³-hybridized carbons (Fsp3) is 0.412. The summed E-state index contributed by atoms with van der Waals surface area (Å²) in [5.41, 5.74) is 0.409. The van der Waals surface area contributed by atoms with Crippen LogP contribution in [0.1, 0.15) is 16.8 Å². The number of amides is 1. The highest BCUT2D eigenvalue weighted by molar-refractivity contribution is 7.93. The van der Waals surface area contributed by atoms with Crippen molar-refractivity contribution in [1.82, 2.24) is 20.1 Å². The van der Waals surface area contributed by atoms with E-state index in [-0.39, 0.29) is 37.3 Å². The number of likely N-dealkylation sites (tertiary alicyclic amines) is 1. The van der Waals surface area contributed by atoms with Gasteiger partial charge in [0.05, 0.1) is 30.3 Å². The minimum Gasteiger partial charge on any atom is -0.477 e. The molecule has 1 atom stereocenters. The third kappa shape index (κ3) is 2.72. The van der Waals surface area contributed by atoms with E-state index in [0.717, 1.165) is 0 Å². The molecule has 0 N–H and O–H groups in total. The van der Waals surface area contributed by atoms with E-state index in [1.807, 2.05) is 6.07 Å². The monoisotopic (exact) mass is 374 g/mol. The van der Waals surface area contributed by atoms with Crippen molar-refractivity contribution in [2.45, 2.75) is 11.2 Å². The van der Waals surface area contributed by atoms with Crippen molar-refractivity contribution in [3.63, 3.8) is 0 Å². The van der Waals surface area contributed by atoms with Crippen LogP contribution in [0.3, 0.4) is 0 Å². The van der Waals surface area contributed by atoms with Crippen LogP contribution in [0.25, 0.3) is 0 Å². The first-order valence-corrected chi connectivity index (χ1v) is 9.99. The van der Waals surface area contributed by atoms with Crippen LogP contribution in [-0.2, 0) is 9.84 Å². The Morgan fingerprint density at radius 2 is 2.08 bits per heavy atom. The van der Waals surface area contributed by atoms with Crippen molar-refractivity contribution in [1.29, 1.82) is 0 Å². The molecule has 0 bridgehead atoms. The summed E-state index contributed by atoms with van der Waals surface area (Å²) in [6.07, 6.45) is 4.99. The molecule has 2 saturated heterocycles. The molecular formula is C17H18N4O4S. The van der Waals surface area contributed by atoms with Crippen molar-refractivity contribution in [3.05, 3.63) is 48.4 Å². The zero-order valence-electron chi connectivity index (χ0n) is 14.0. The van der Waals surface area contributed by atoms with Gasteiger partial charge in [-0.2, -0.15) is 10.2 Å². The second-order valence-corrected chi connectivity index (χ2v) is 9.09. The summed E-state index contributed by atoms with van der Waals surface area (Å²) in [6.45, 7) is 0.647. The van der Waals surface area contributed by atoms with E-state index in [9.17, 15) is 13.2 Å². The summed E-state index contributed by atoms with van der Waals surface area (Å²) in [4.78, 5) is 18.1. The van der Waals surface area contributed by atoms with Gasteiger partial charge in [0.15, 0.2) is 9.84 Å². The summed E-state index contributed by atoms with van der Waals surface area (Å²) >= 11 is 0. The molecule has 2 aromatic heterocycles. The van der Waals surface area contributed by atoms with Crippen molar-refractivity contribution in [2.75, 3.05) is 25.4 Å². The van der Waals surface area contributed by atoms with Gasteiger partial charge < -0.3 is 9.64 Å². The van der Waals surface area contributed by atoms with E-state index in [1.165, 1.54) is 12.4 Å². The molecule has 0 aromatic carbocycles. The Morgan fingerprint density at radius 3 is 2.77 bits per heavy atom. The maximum Gasteiger partial charge on any atom is 0.255 e. The second-order valence-electron chi connectivity index (χ2n) is 6.64. The zero-order chi connectivity index (χ0) is 18.2. The molecule has 1 spiro atoms. The summed E-state index contributed by atoms with van der Waals surface area (Å²) in [6, 6.07) is 6.92. The normalized spacial score (nSPS) is 22.8. The van der Waals surface area contributed by atoms with Crippen LogP contribution in [0, 0.1) is 5.92 Å². The number of pyridine rings is 1. The highest BCUT2D eigenvalue weighted by Crippen LogP contribution is 2.45. The van der Waals surface area contributed by atoms with Crippen LogP contribution in [0.15, 0.2) is 42.9 Å². The van der Waals surface area contributed by atoms with E-state index >= 15 is 0 Å². The van der Waals surface area contributed by atoms with Gasteiger partial charge in [-0.15, -0.1) is 0 Å². The van der Waals surface area contributed by atoms with Gasteiger partial charge in [-0.1, -0.05) is 6.07 Å². The van der Waals surface area contributed by atoms with Gasteiger partial charge in [-0.25, -0.2) is 13.4 Å². The maximum absolute atomic E-state index is 12.7. The fourth-order valence-electron chi connectivity index (χ4n) is 3.67. The lowest BCUT2D eigenvalue weighted by Crippen LogP contribution is -2.68. The van der Waals surface area contributed by atoms with Crippen LogP contribution in [0.2, 0.25) is 0 Å². The minimum absolute atomic E-state index is 0.127. The topological polar surface area (TPSA) is 102 Å². The average Bonchev–Trinajstić information content (AvgIpc) is 2.90. The van der Waals surface area contributed by atoms with E-state index in [2.05, 4.69) is 15.2 Å². The summed E-state index contributed by atoms with van der Waals surface area (Å²) in [7, 11) is -3.27. The molecule has 2 fully saturated rings. The Hall–Kier alpha value is -2.55. The van der Waals surface area contributed by atoms with Crippen LogP contribution in [0.5, 0.6) is 5.88 Å². The molecule has 2 aliphatic rings. The van der Waals surface area contributed by atoms with Crippen LogP contribution >= 0.6 is 0 Å². The van der Waals surface area contributed by atoms with Gasteiger partial charge in [-0.05, 0) is 18.6 Å². The molecule has 8 nitrogen and oxygen atoms in total. The molecule has 2 aromatic rings. The molecule has 0 radical (unpaired) electrons. The zero-order valence-corrected chi connectivity index (χ0v) is 14.8. The average molecular weight is 374 g/mol. The molecule has 4 heterocycles. The number of hydrogen-bond acceptors (Lipinski definition) is 7. The van der Waals surface area contributed by atoms with Gasteiger partial charge in [0.1, 0.15) is 4.75 Å². The Kier molecular flexibility index (Phi) is 4.10. The molecule has 0 aliphatic carbocycles. The first-order chi connectivity index (χ1) is 12.5. The van der Waals surface area contributed by atoms with Crippen LogP contribution < -0.4 is 4.74 Å². The van der Waals surface area contributed by atoms with E-state index < -0.39 is 14.6 Å². The number of carbonyl (C=O) groups is 1. The lowest BCUT2D eigenvalue weighted by atomic mass is 9.83. The lowest BCUT2D eigenvalue weighted by molar-refractivity contribution is 0.0406. The van der Waals surface area contributed by atoms with Crippen LogP contribution in [-0.4, -0.2) is 64.6 Å². The molecule has 0 unspecified atom stereocenters. The smallest absolute Gasteiger partial charge is 0.255 e. The first kappa shape index (κ1) is 16.9. The van der Waals surface area contributed by atoms with E-state index in [0.29, 0.717) is 17.9 Å². The Bertz CT molecular complexity index is 899. The predicted octanol–water partition coefficient (Wildman–Crippen LogP) is 0.580. The summed E-state index contributed by atoms with van der Waals surface area (Å²) in [5.74, 6) is 0.218. The molecule has 136 valence electrons. The fourth-order valence-corrected chi connectivity index (χ4v) is 6.07. The Balaban J connectivity index is 1.47. The highest BCUT2D eigenvalue weighted by Gasteiger charge is 2.62. The van der Waals surface area contributed by atoms with Gasteiger partial charge in [0, 0.05) is 31.3 Å². The van der Waals surface area contributed by atoms with Crippen molar-refractivity contribution in [3.8, 4) is 5.88 Å². The van der Waals surface area contributed by atoms with Gasteiger partial charge in [0.25, 0.3) is 5.91 Å². The standard InChI is InChI=1S/C17H18N4O4S/c22-16(13-4-7-19-20-9-13)21-11-17(12-21)14(5-8-26(17,23)24)10-25-15-3-1-2-6-18-15/h1-4,6-7,9,14H,5,8,10-12H2/t14-/m1/s1. The van der Waals surface area contributed by atoms with E-state index in [4.69, 9.17) is 4.74 Å². The van der Waals surface area contributed by atoms with Crippen molar-refractivity contribution < 1.29 is 17.9 Å². The number of sulfone groups is 1. The summed E-state index contributed by atoms with van der Waals surface area (Å²) < 4.78 is 30.1. The minimum atomic E-state index is -3.27. The molecule has 0 saturated carbocycles. The first-order valence-electron chi connectivity index (χ1n) is 8.34. The maximum atomic E-state index is 12.7. The molecular weight excluding hydrogens is 356 g/mol. The largest absolute Gasteiger partial charge is 0.477 e. The molecule has 9 heteroatoms. The predicted molar refractivity (Wildman–Crippen MR) is 92.3 cm³/mol. The van der Waals surface area contributed by atoms with Gasteiger partial charge >= 0.3 is 0 Å². The Labute approximate surface area is 151 Å². The van der Waals surface area contributed by atoms with Gasteiger partial charge in [0.2, 0.25) is 5.88 Å².